The number of hydrogen-bond donors (Lipinski definition) is 1. The second-order valence-corrected chi connectivity index (χ2v) is 6.68. The minimum absolute atomic E-state index is 0.0237. The van der Waals surface area contributed by atoms with Crippen molar-refractivity contribution >= 4 is 23.2 Å². The average molecular weight is 297 g/mol. The maximum atomic E-state index is 12.2. The second kappa shape index (κ2) is 4.45. The van der Waals surface area contributed by atoms with Gasteiger partial charge in [-0.1, -0.05) is 39.3 Å². The summed E-state index contributed by atoms with van der Waals surface area (Å²) in [5.41, 5.74) is 0.181. The summed E-state index contributed by atoms with van der Waals surface area (Å²) in [6.07, 6.45) is 0. The molecule has 1 aliphatic carbocycles. The topological polar surface area (TPSA) is 72.2 Å². The molecular weight excluding hydrogens is 280 g/mol. The number of nitrogens with one attached hydrogen (secondary N) is 1. The average Bonchev–Trinajstić information content (AvgIpc) is 2.71. The molecule has 108 valence electrons. The number of amides is 1. The molecule has 1 amide bonds. The van der Waals surface area contributed by atoms with E-state index in [1.54, 1.807) is 0 Å². The van der Waals surface area contributed by atoms with E-state index in [2.05, 4.69) is 33.0 Å². The molecule has 1 saturated carbocycles. The van der Waals surface area contributed by atoms with E-state index in [-0.39, 0.29) is 39.1 Å². The molecule has 0 aromatic heterocycles. The standard InChI is InChI=1S/C14H17ClN2O3/c1-13(2)12(14(13,3)4)16-11(18)9-6-5-8(17(19)20)7-10(9)15/h5-7,12H,1-4H3,(H,16,18). The zero-order valence-corrected chi connectivity index (χ0v) is 12.6. The van der Waals surface area contributed by atoms with Crippen LogP contribution in [-0.4, -0.2) is 16.9 Å². The second-order valence-electron chi connectivity index (χ2n) is 6.27. The number of halogens is 1. The number of nitro groups is 1. The van der Waals surface area contributed by atoms with Crippen LogP contribution in [0.15, 0.2) is 18.2 Å². The van der Waals surface area contributed by atoms with E-state index in [0.29, 0.717) is 0 Å². The number of carbonyl (C=O) groups is 1. The van der Waals surface area contributed by atoms with Gasteiger partial charge in [0.1, 0.15) is 0 Å². The van der Waals surface area contributed by atoms with Gasteiger partial charge in [-0.05, 0) is 16.9 Å². The fourth-order valence-corrected chi connectivity index (χ4v) is 2.83. The normalized spacial score (nSPS) is 19.4. The predicted molar refractivity (Wildman–Crippen MR) is 76.9 cm³/mol. The van der Waals surface area contributed by atoms with Crippen LogP contribution in [0.3, 0.4) is 0 Å². The first-order valence-corrected chi connectivity index (χ1v) is 6.71. The van der Waals surface area contributed by atoms with Gasteiger partial charge >= 0.3 is 0 Å². The molecule has 0 radical (unpaired) electrons. The molecule has 5 nitrogen and oxygen atoms in total. The van der Waals surface area contributed by atoms with Gasteiger partial charge in [-0.15, -0.1) is 0 Å². The molecule has 6 heteroatoms. The predicted octanol–water partition coefficient (Wildman–Crippen LogP) is 3.41. The number of carbonyl (C=O) groups excluding carboxylic acids is 1. The third kappa shape index (κ3) is 2.16. The Kier molecular flexibility index (Phi) is 3.29. The summed E-state index contributed by atoms with van der Waals surface area (Å²) < 4.78 is 0. The Morgan fingerprint density at radius 3 is 2.25 bits per heavy atom. The molecule has 0 heterocycles. The summed E-state index contributed by atoms with van der Waals surface area (Å²) in [7, 11) is 0. The Hall–Kier alpha value is -1.62. The van der Waals surface area contributed by atoms with Gasteiger partial charge in [0.2, 0.25) is 0 Å². The summed E-state index contributed by atoms with van der Waals surface area (Å²) in [6.45, 7) is 8.37. The van der Waals surface area contributed by atoms with E-state index < -0.39 is 4.92 Å². The van der Waals surface area contributed by atoms with Gasteiger partial charge in [0, 0.05) is 18.2 Å². The quantitative estimate of drug-likeness (QED) is 0.686. The Balaban J connectivity index is 2.18. The SMILES string of the molecule is CC1(C)C(NC(=O)c2ccc([N+](=O)[O-])cc2Cl)C1(C)C. The highest BCUT2D eigenvalue weighted by atomic mass is 35.5. The van der Waals surface area contributed by atoms with Crippen molar-refractivity contribution in [1.82, 2.24) is 5.32 Å². The van der Waals surface area contributed by atoms with Crippen LogP contribution in [0.25, 0.3) is 0 Å². The monoisotopic (exact) mass is 296 g/mol. The summed E-state index contributed by atoms with van der Waals surface area (Å²) in [5, 5.41) is 13.7. The molecule has 0 aliphatic heterocycles. The van der Waals surface area contributed by atoms with E-state index in [0.717, 1.165) is 0 Å². The summed E-state index contributed by atoms with van der Waals surface area (Å²) >= 11 is 5.95. The van der Waals surface area contributed by atoms with E-state index in [9.17, 15) is 14.9 Å². The van der Waals surface area contributed by atoms with Gasteiger partial charge in [0.15, 0.2) is 0 Å². The van der Waals surface area contributed by atoms with Crippen LogP contribution in [-0.2, 0) is 0 Å². The van der Waals surface area contributed by atoms with Crippen molar-refractivity contribution in [2.75, 3.05) is 0 Å². The smallest absolute Gasteiger partial charge is 0.270 e. The lowest BCUT2D eigenvalue weighted by atomic mass is 10.0. The Morgan fingerprint density at radius 1 is 1.30 bits per heavy atom. The minimum Gasteiger partial charge on any atom is -0.348 e. The number of non-ortho nitro benzene ring substituents is 1. The molecule has 0 unspecified atom stereocenters. The van der Waals surface area contributed by atoms with Gasteiger partial charge in [-0.25, -0.2) is 0 Å². The molecule has 1 N–H and O–H groups in total. The van der Waals surface area contributed by atoms with Crippen molar-refractivity contribution < 1.29 is 9.72 Å². The van der Waals surface area contributed by atoms with Crippen molar-refractivity contribution in [2.24, 2.45) is 10.8 Å². The zero-order valence-electron chi connectivity index (χ0n) is 11.9. The summed E-state index contributed by atoms with van der Waals surface area (Å²) in [6, 6.07) is 3.93. The maximum Gasteiger partial charge on any atom is 0.270 e. The first kappa shape index (κ1) is 14.8. The maximum absolute atomic E-state index is 12.2. The number of benzene rings is 1. The van der Waals surface area contributed by atoms with Crippen molar-refractivity contribution in [1.29, 1.82) is 0 Å². The van der Waals surface area contributed by atoms with Crippen molar-refractivity contribution in [3.05, 3.63) is 38.9 Å². The molecule has 0 saturated heterocycles. The van der Waals surface area contributed by atoms with E-state index in [4.69, 9.17) is 11.6 Å². The first-order valence-electron chi connectivity index (χ1n) is 6.34. The van der Waals surface area contributed by atoms with Gasteiger partial charge < -0.3 is 5.32 Å². The highest BCUT2D eigenvalue weighted by molar-refractivity contribution is 6.34. The first-order chi connectivity index (χ1) is 9.09. The lowest BCUT2D eigenvalue weighted by Crippen LogP contribution is -2.30. The molecule has 1 aromatic rings. The molecular formula is C14H17ClN2O3. The van der Waals surface area contributed by atoms with Crippen LogP contribution in [0.1, 0.15) is 38.1 Å². The van der Waals surface area contributed by atoms with Crippen LogP contribution in [0, 0.1) is 20.9 Å². The van der Waals surface area contributed by atoms with Gasteiger partial charge in [0.25, 0.3) is 11.6 Å². The fourth-order valence-electron chi connectivity index (χ4n) is 2.57. The van der Waals surface area contributed by atoms with Gasteiger partial charge in [-0.2, -0.15) is 0 Å². The lowest BCUT2D eigenvalue weighted by Gasteiger charge is -2.08. The van der Waals surface area contributed by atoms with E-state index in [1.165, 1.54) is 18.2 Å². The summed E-state index contributed by atoms with van der Waals surface area (Å²) in [4.78, 5) is 22.3. The van der Waals surface area contributed by atoms with Crippen molar-refractivity contribution in [2.45, 2.75) is 33.7 Å². The molecule has 0 atom stereocenters. The van der Waals surface area contributed by atoms with Crippen LogP contribution in [0.4, 0.5) is 5.69 Å². The van der Waals surface area contributed by atoms with Gasteiger partial charge in [-0.3, -0.25) is 14.9 Å². The molecule has 1 aliphatic rings. The zero-order chi connectivity index (χ0) is 15.3. The molecule has 2 rings (SSSR count). The number of nitrogens with zero attached hydrogens (tertiary/aromatic N) is 1. The molecule has 0 bridgehead atoms. The van der Waals surface area contributed by atoms with Crippen LogP contribution < -0.4 is 5.32 Å². The third-order valence-electron chi connectivity index (χ3n) is 4.70. The minimum atomic E-state index is -0.541. The van der Waals surface area contributed by atoms with Gasteiger partial charge in [0.05, 0.1) is 15.5 Å². The van der Waals surface area contributed by atoms with Crippen molar-refractivity contribution in [3.63, 3.8) is 0 Å². The third-order valence-corrected chi connectivity index (χ3v) is 5.02. The van der Waals surface area contributed by atoms with E-state index in [1.807, 2.05) is 0 Å². The fraction of sp³-hybridized carbons (Fsp3) is 0.500. The largest absolute Gasteiger partial charge is 0.348 e. The highest BCUT2D eigenvalue weighted by Gasteiger charge is 2.65. The van der Waals surface area contributed by atoms with Crippen LogP contribution in [0.2, 0.25) is 5.02 Å². The highest BCUT2D eigenvalue weighted by Crippen LogP contribution is 2.62. The van der Waals surface area contributed by atoms with E-state index >= 15 is 0 Å². The Morgan fingerprint density at radius 2 is 1.85 bits per heavy atom. The molecule has 1 aromatic carbocycles. The number of nitro benzene ring substituents is 1. The molecule has 1 fully saturated rings. The Labute approximate surface area is 122 Å². The molecule has 20 heavy (non-hydrogen) atoms. The number of hydrogen-bond acceptors (Lipinski definition) is 3. The van der Waals surface area contributed by atoms with Crippen molar-refractivity contribution in [3.8, 4) is 0 Å². The lowest BCUT2D eigenvalue weighted by molar-refractivity contribution is -0.384. The van der Waals surface area contributed by atoms with Crippen LogP contribution >= 0.6 is 11.6 Å². The number of rotatable bonds is 3. The molecule has 0 spiro atoms. The summed E-state index contributed by atoms with van der Waals surface area (Å²) in [5.74, 6) is -0.298. The van der Waals surface area contributed by atoms with Crippen LogP contribution in [0.5, 0.6) is 0 Å². The Bertz CT molecular complexity index is 582.